The van der Waals surface area contributed by atoms with E-state index in [0.29, 0.717) is 12.2 Å². The van der Waals surface area contributed by atoms with Gasteiger partial charge < -0.3 is 5.11 Å². The minimum absolute atomic E-state index is 0.0448. The van der Waals surface area contributed by atoms with Crippen LogP contribution in [-0.4, -0.2) is 46.2 Å². The first-order chi connectivity index (χ1) is 9.32. The molecule has 3 atom stereocenters. The van der Waals surface area contributed by atoms with E-state index in [-0.39, 0.29) is 16.9 Å². The Morgan fingerprint density at radius 1 is 1.45 bits per heavy atom. The third kappa shape index (κ3) is 1.78. The molecule has 2 heterocycles. The van der Waals surface area contributed by atoms with Crippen molar-refractivity contribution in [1.82, 2.24) is 14.1 Å². The van der Waals surface area contributed by atoms with Crippen molar-refractivity contribution in [2.75, 3.05) is 6.54 Å². The quantitative estimate of drug-likeness (QED) is 0.861. The average Bonchev–Trinajstić information content (AvgIpc) is 2.77. The molecule has 1 aliphatic carbocycles. The van der Waals surface area contributed by atoms with Crippen LogP contribution in [0.3, 0.4) is 0 Å². The molecule has 0 unspecified atom stereocenters. The van der Waals surface area contributed by atoms with Crippen molar-refractivity contribution < 1.29 is 18.3 Å². The molecule has 2 fully saturated rings. The van der Waals surface area contributed by atoms with Crippen LogP contribution < -0.4 is 0 Å². The Kier molecular flexibility index (Phi) is 2.91. The molecule has 1 aromatic rings. The molecule has 0 aromatic carbocycles. The lowest BCUT2D eigenvalue weighted by molar-refractivity contribution is -0.142. The van der Waals surface area contributed by atoms with Gasteiger partial charge in [0.25, 0.3) is 10.0 Å². The Balaban J connectivity index is 2.02. The second-order valence-corrected chi connectivity index (χ2v) is 7.44. The lowest BCUT2D eigenvalue weighted by Crippen LogP contribution is -2.44. The summed E-state index contributed by atoms with van der Waals surface area (Å²) in [4.78, 5) is 11.4. The molecule has 110 valence electrons. The highest BCUT2D eigenvalue weighted by Crippen LogP contribution is 2.46. The van der Waals surface area contributed by atoms with E-state index < -0.39 is 22.0 Å². The summed E-state index contributed by atoms with van der Waals surface area (Å²) in [6.45, 7) is 2.01. The predicted octanol–water partition coefficient (Wildman–Crippen LogP) is 0.212. The number of rotatable bonds is 3. The van der Waals surface area contributed by atoms with Gasteiger partial charge in [0, 0.05) is 13.6 Å². The van der Waals surface area contributed by atoms with Crippen molar-refractivity contribution in [3.05, 3.63) is 11.8 Å². The molecule has 1 aromatic heterocycles. The molecule has 0 spiro atoms. The van der Waals surface area contributed by atoms with Crippen molar-refractivity contribution in [3.63, 3.8) is 0 Å². The van der Waals surface area contributed by atoms with E-state index in [2.05, 4.69) is 5.10 Å². The largest absolute Gasteiger partial charge is 0.480 e. The van der Waals surface area contributed by atoms with E-state index in [1.807, 2.05) is 0 Å². The molecule has 0 amide bonds. The molecule has 1 aliphatic heterocycles. The van der Waals surface area contributed by atoms with Gasteiger partial charge in [-0.05, 0) is 37.7 Å². The molecule has 1 N–H and O–H groups in total. The van der Waals surface area contributed by atoms with Crippen molar-refractivity contribution in [2.45, 2.75) is 30.8 Å². The van der Waals surface area contributed by atoms with E-state index in [1.165, 1.54) is 10.7 Å². The van der Waals surface area contributed by atoms with Gasteiger partial charge in [0.15, 0.2) is 5.03 Å². The molecule has 0 bridgehead atoms. The first kappa shape index (κ1) is 13.6. The van der Waals surface area contributed by atoms with Crippen molar-refractivity contribution in [3.8, 4) is 0 Å². The zero-order valence-electron chi connectivity index (χ0n) is 11.4. The molecule has 20 heavy (non-hydrogen) atoms. The van der Waals surface area contributed by atoms with Gasteiger partial charge in [0.1, 0.15) is 6.04 Å². The van der Waals surface area contributed by atoms with Crippen LogP contribution in [0.1, 0.15) is 18.5 Å². The third-order valence-electron chi connectivity index (χ3n) is 4.39. The fourth-order valence-electron chi connectivity index (χ4n) is 3.30. The summed E-state index contributed by atoms with van der Waals surface area (Å²) in [7, 11) is -2.26. The molecule has 8 heteroatoms. The van der Waals surface area contributed by atoms with Gasteiger partial charge in [0.05, 0.1) is 5.69 Å². The highest BCUT2D eigenvalue weighted by molar-refractivity contribution is 7.89. The van der Waals surface area contributed by atoms with Crippen LogP contribution in [0.2, 0.25) is 0 Å². The van der Waals surface area contributed by atoms with Gasteiger partial charge >= 0.3 is 5.97 Å². The number of aliphatic carboxylic acids is 1. The Morgan fingerprint density at radius 3 is 2.60 bits per heavy atom. The maximum atomic E-state index is 12.7. The van der Waals surface area contributed by atoms with Gasteiger partial charge in [-0.2, -0.15) is 9.40 Å². The summed E-state index contributed by atoms with van der Waals surface area (Å²) in [5.74, 6) is -0.920. The van der Waals surface area contributed by atoms with Gasteiger partial charge in [-0.25, -0.2) is 8.42 Å². The Labute approximate surface area is 117 Å². The summed E-state index contributed by atoms with van der Waals surface area (Å²) in [6, 6.07) is 0.544. The highest BCUT2D eigenvalue weighted by atomic mass is 32.2. The standard InChI is InChI=1S/C12H17N3O4S/c1-7-5-10(14(2)13-7)20(18,19)15-6-8-3-4-9(8)11(15)12(16)17/h5,8-9,11H,3-4,6H2,1-2H3,(H,16,17)/t8-,9-,11-/m0/s1. The molecule has 7 nitrogen and oxygen atoms in total. The number of hydrogen-bond donors (Lipinski definition) is 1. The van der Waals surface area contributed by atoms with Crippen LogP contribution in [0.15, 0.2) is 11.1 Å². The minimum atomic E-state index is -3.82. The minimum Gasteiger partial charge on any atom is -0.480 e. The molecular formula is C12H17N3O4S. The van der Waals surface area contributed by atoms with Crippen LogP contribution in [0.25, 0.3) is 0 Å². The second-order valence-electron chi connectivity index (χ2n) is 5.61. The van der Waals surface area contributed by atoms with E-state index in [9.17, 15) is 18.3 Å². The Bertz CT molecular complexity index is 666. The Hall–Kier alpha value is -1.41. The molecular weight excluding hydrogens is 282 g/mol. The van der Waals surface area contributed by atoms with E-state index >= 15 is 0 Å². The second kappa shape index (κ2) is 4.29. The molecule has 1 saturated heterocycles. The fraction of sp³-hybridized carbons (Fsp3) is 0.667. The Morgan fingerprint density at radius 2 is 2.15 bits per heavy atom. The van der Waals surface area contributed by atoms with Gasteiger partial charge in [-0.1, -0.05) is 0 Å². The van der Waals surface area contributed by atoms with Crippen LogP contribution in [0.4, 0.5) is 0 Å². The van der Waals surface area contributed by atoms with Crippen molar-refractivity contribution >= 4 is 16.0 Å². The van der Waals surface area contributed by atoms with Crippen LogP contribution in [-0.2, 0) is 21.9 Å². The highest BCUT2D eigenvalue weighted by Gasteiger charge is 2.54. The van der Waals surface area contributed by atoms with Crippen LogP contribution >= 0.6 is 0 Å². The summed E-state index contributed by atoms with van der Waals surface area (Å²) < 4.78 is 27.9. The first-order valence-electron chi connectivity index (χ1n) is 6.57. The molecule has 1 saturated carbocycles. The number of carboxylic acid groups (broad SMARTS) is 1. The zero-order chi connectivity index (χ0) is 14.7. The van der Waals surface area contributed by atoms with Gasteiger partial charge in [-0.3, -0.25) is 9.48 Å². The monoisotopic (exact) mass is 299 g/mol. The first-order valence-corrected chi connectivity index (χ1v) is 8.01. The summed E-state index contributed by atoms with van der Waals surface area (Å²) in [6.07, 6.45) is 1.70. The fourth-order valence-corrected chi connectivity index (χ4v) is 5.17. The SMILES string of the molecule is Cc1cc(S(=O)(=O)N2C[C@@H]3CC[C@@H]3[C@H]2C(=O)O)n(C)n1. The molecule has 3 rings (SSSR count). The number of carboxylic acids is 1. The number of fused-ring (bicyclic) bond motifs is 1. The molecule has 2 aliphatic rings. The summed E-state index contributed by atoms with van der Waals surface area (Å²) >= 11 is 0. The van der Waals surface area contributed by atoms with Gasteiger partial charge in [0.2, 0.25) is 0 Å². The third-order valence-corrected chi connectivity index (χ3v) is 6.30. The average molecular weight is 299 g/mol. The van der Waals surface area contributed by atoms with Crippen LogP contribution in [0.5, 0.6) is 0 Å². The van der Waals surface area contributed by atoms with Crippen molar-refractivity contribution in [2.24, 2.45) is 18.9 Å². The number of carbonyl (C=O) groups is 1. The number of aryl methyl sites for hydroxylation is 2. The van der Waals surface area contributed by atoms with E-state index in [0.717, 1.165) is 17.1 Å². The van der Waals surface area contributed by atoms with E-state index in [4.69, 9.17) is 0 Å². The maximum absolute atomic E-state index is 12.7. The predicted molar refractivity (Wildman–Crippen MR) is 69.5 cm³/mol. The number of hydrogen-bond acceptors (Lipinski definition) is 4. The maximum Gasteiger partial charge on any atom is 0.322 e. The lowest BCUT2D eigenvalue weighted by Gasteiger charge is -2.31. The van der Waals surface area contributed by atoms with Crippen LogP contribution in [0, 0.1) is 18.8 Å². The summed E-state index contributed by atoms with van der Waals surface area (Å²) in [5, 5.41) is 13.5. The lowest BCUT2D eigenvalue weighted by atomic mass is 9.73. The number of nitrogens with zero attached hydrogens (tertiary/aromatic N) is 3. The zero-order valence-corrected chi connectivity index (χ0v) is 12.2. The smallest absolute Gasteiger partial charge is 0.322 e. The molecule has 0 radical (unpaired) electrons. The van der Waals surface area contributed by atoms with Gasteiger partial charge in [-0.15, -0.1) is 0 Å². The number of aromatic nitrogens is 2. The summed E-state index contributed by atoms with van der Waals surface area (Å²) in [5.41, 5.74) is 0.597. The topological polar surface area (TPSA) is 92.5 Å². The van der Waals surface area contributed by atoms with E-state index in [1.54, 1.807) is 14.0 Å². The van der Waals surface area contributed by atoms with Crippen molar-refractivity contribution in [1.29, 1.82) is 0 Å². The normalized spacial score (nSPS) is 30.0. The number of sulfonamides is 1.